The second-order valence-electron chi connectivity index (χ2n) is 7.18. The predicted molar refractivity (Wildman–Crippen MR) is 97.3 cm³/mol. The number of ether oxygens (including phenoxy) is 1. The topological polar surface area (TPSA) is 93.4 Å². The van der Waals surface area contributed by atoms with Gasteiger partial charge in [0, 0.05) is 44.0 Å². The van der Waals surface area contributed by atoms with Crippen molar-refractivity contribution in [1.82, 2.24) is 15.3 Å². The van der Waals surface area contributed by atoms with Gasteiger partial charge in [0.15, 0.2) is 0 Å². The Labute approximate surface area is 149 Å². The number of rotatable bonds is 5. The number of carbonyl (C=O) groups excluding carboxylic acids is 1. The van der Waals surface area contributed by atoms with Gasteiger partial charge in [0.1, 0.15) is 5.82 Å². The molecule has 2 saturated heterocycles. The van der Waals surface area contributed by atoms with E-state index in [-0.39, 0.29) is 17.9 Å². The predicted octanol–water partition coefficient (Wildman–Crippen LogP) is 1.51. The van der Waals surface area contributed by atoms with Crippen LogP contribution in [0.3, 0.4) is 0 Å². The lowest BCUT2D eigenvalue weighted by molar-refractivity contribution is -0.128. The molecule has 0 saturated carbocycles. The normalized spacial score (nSPS) is 24.5. The van der Waals surface area contributed by atoms with Crippen LogP contribution in [0.25, 0.3) is 0 Å². The van der Waals surface area contributed by atoms with E-state index in [2.05, 4.69) is 27.1 Å². The quantitative estimate of drug-likeness (QED) is 0.839. The molecule has 0 aliphatic carbocycles. The van der Waals surface area contributed by atoms with Gasteiger partial charge < -0.3 is 20.7 Å². The van der Waals surface area contributed by atoms with Crippen LogP contribution in [0.4, 0.5) is 11.8 Å². The minimum absolute atomic E-state index is 0.0852. The molecule has 2 aliphatic rings. The Hall–Kier alpha value is -1.89. The van der Waals surface area contributed by atoms with Crippen molar-refractivity contribution < 1.29 is 9.53 Å². The summed E-state index contributed by atoms with van der Waals surface area (Å²) < 4.78 is 5.36. The summed E-state index contributed by atoms with van der Waals surface area (Å²) in [5.41, 5.74) is 6.67. The lowest BCUT2D eigenvalue weighted by Crippen LogP contribution is -2.44. The highest BCUT2D eigenvalue weighted by Crippen LogP contribution is 2.27. The fraction of sp³-hybridized carbons (Fsp3) is 0.722. The zero-order chi connectivity index (χ0) is 17.8. The van der Waals surface area contributed by atoms with E-state index in [1.165, 1.54) is 0 Å². The first kappa shape index (κ1) is 17.9. The van der Waals surface area contributed by atoms with Crippen LogP contribution in [0, 0.1) is 18.8 Å². The Bertz CT molecular complexity index is 583. The van der Waals surface area contributed by atoms with Gasteiger partial charge in [-0.2, -0.15) is 4.98 Å². The summed E-state index contributed by atoms with van der Waals surface area (Å²) in [5.74, 6) is 1.85. The number of amides is 1. The van der Waals surface area contributed by atoms with Gasteiger partial charge in [-0.1, -0.05) is 13.3 Å². The van der Waals surface area contributed by atoms with E-state index in [0.717, 1.165) is 50.3 Å². The molecule has 7 nitrogen and oxygen atoms in total. The fourth-order valence-corrected chi connectivity index (χ4v) is 3.88. The molecular weight excluding hydrogens is 318 g/mol. The monoisotopic (exact) mass is 347 g/mol. The number of hydrogen-bond acceptors (Lipinski definition) is 6. The molecule has 7 heteroatoms. The van der Waals surface area contributed by atoms with Gasteiger partial charge in [0.05, 0.1) is 6.04 Å². The summed E-state index contributed by atoms with van der Waals surface area (Å²) in [6, 6.07) is 2.12. The lowest BCUT2D eigenvalue weighted by atomic mass is 9.95. The molecule has 1 aromatic heterocycles. The number of nitrogens with two attached hydrogens (primary N) is 1. The van der Waals surface area contributed by atoms with E-state index in [1.54, 1.807) is 0 Å². The Morgan fingerprint density at radius 1 is 1.36 bits per heavy atom. The van der Waals surface area contributed by atoms with Crippen molar-refractivity contribution >= 4 is 17.7 Å². The van der Waals surface area contributed by atoms with Gasteiger partial charge in [0.25, 0.3) is 0 Å². The highest BCUT2D eigenvalue weighted by Gasteiger charge is 2.35. The molecule has 3 heterocycles. The fourth-order valence-electron chi connectivity index (χ4n) is 3.88. The smallest absolute Gasteiger partial charge is 0.223 e. The standard InChI is InChI=1S/C18H29N5O2/c1-3-4-14-10-23(16-9-12(2)20-18(19)22-16)11-15(14)21-17(24)13-5-7-25-8-6-13/h9,13-15H,3-8,10-11H2,1-2H3,(H,21,24)(H2,19,20,22)/t14-,15-/m0/s1. The molecule has 2 atom stereocenters. The first-order valence-electron chi connectivity index (χ1n) is 9.31. The molecule has 0 aromatic carbocycles. The molecule has 0 radical (unpaired) electrons. The van der Waals surface area contributed by atoms with Crippen molar-refractivity contribution in [3.8, 4) is 0 Å². The van der Waals surface area contributed by atoms with Gasteiger partial charge in [-0.05, 0) is 32.1 Å². The maximum atomic E-state index is 12.6. The maximum absolute atomic E-state index is 12.6. The zero-order valence-corrected chi connectivity index (χ0v) is 15.2. The van der Waals surface area contributed by atoms with E-state index < -0.39 is 0 Å². The Morgan fingerprint density at radius 3 is 2.80 bits per heavy atom. The average Bonchev–Trinajstić information content (AvgIpc) is 2.98. The van der Waals surface area contributed by atoms with Crippen molar-refractivity contribution in [2.24, 2.45) is 11.8 Å². The molecule has 138 valence electrons. The van der Waals surface area contributed by atoms with Crippen LogP contribution in [0.1, 0.15) is 38.3 Å². The maximum Gasteiger partial charge on any atom is 0.223 e. The second-order valence-corrected chi connectivity index (χ2v) is 7.18. The number of anilines is 2. The van der Waals surface area contributed by atoms with Crippen LogP contribution in [-0.4, -0.2) is 48.2 Å². The minimum Gasteiger partial charge on any atom is -0.381 e. The SMILES string of the molecule is CCC[C@H]1CN(c2cc(C)nc(N)n2)C[C@@H]1NC(=O)C1CCOCC1. The number of aromatic nitrogens is 2. The number of nitrogens with one attached hydrogen (secondary N) is 1. The lowest BCUT2D eigenvalue weighted by Gasteiger charge is -2.25. The van der Waals surface area contributed by atoms with Gasteiger partial charge in [-0.3, -0.25) is 4.79 Å². The zero-order valence-electron chi connectivity index (χ0n) is 15.2. The molecule has 1 aromatic rings. The molecule has 2 aliphatic heterocycles. The molecule has 0 bridgehead atoms. The van der Waals surface area contributed by atoms with E-state index in [4.69, 9.17) is 10.5 Å². The molecular formula is C18H29N5O2. The average molecular weight is 347 g/mol. The summed E-state index contributed by atoms with van der Waals surface area (Å²) in [5, 5.41) is 3.30. The largest absolute Gasteiger partial charge is 0.381 e. The molecule has 3 rings (SSSR count). The Kier molecular flexibility index (Phi) is 5.73. The van der Waals surface area contributed by atoms with Crippen LogP contribution in [-0.2, 0) is 9.53 Å². The number of aryl methyl sites for hydroxylation is 1. The van der Waals surface area contributed by atoms with E-state index >= 15 is 0 Å². The van der Waals surface area contributed by atoms with E-state index in [1.807, 2.05) is 13.0 Å². The summed E-state index contributed by atoms with van der Waals surface area (Å²) in [7, 11) is 0. The third kappa shape index (κ3) is 4.39. The van der Waals surface area contributed by atoms with Crippen LogP contribution in [0.15, 0.2) is 6.07 Å². The molecule has 3 N–H and O–H groups in total. The number of nitrogens with zero attached hydrogens (tertiary/aromatic N) is 3. The minimum atomic E-state index is 0.0852. The number of carbonyl (C=O) groups is 1. The van der Waals surface area contributed by atoms with Crippen LogP contribution >= 0.6 is 0 Å². The van der Waals surface area contributed by atoms with Crippen molar-refractivity contribution in [3.05, 3.63) is 11.8 Å². The summed E-state index contributed by atoms with van der Waals surface area (Å²) >= 11 is 0. The Balaban J connectivity index is 1.68. The van der Waals surface area contributed by atoms with Crippen molar-refractivity contribution in [1.29, 1.82) is 0 Å². The summed E-state index contributed by atoms with van der Waals surface area (Å²) in [4.78, 5) is 23.4. The second kappa shape index (κ2) is 7.99. The first-order valence-corrected chi connectivity index (χ1v) is 9.31. The van der Waals surface area contributed by atoms with Crippen LogP contribution < -0.4 is 16.0 Å². The van der Waals surface area contributed by atoms with Crippen molar-refractivity contribution in [2.45, 2.75) is 45.6 Å². The van der Waals surface area contributed by atoms with E-state index in [0.29, 0.717) is 25.1 Å². The van der Waals surface area contributed by atoms with Crippen molar-refractivity contribution in [3.63, 3.8) is 0 Å². The van der Waals surface area contributed by atoms with Crippen LogP contribution in [0.2, 0.25) is 0 Å². The summed E-state index contributed by atoms with van der Waals surface area (Å²) in [6.45, 7) is 7.15. The van der Waals surface area contributed by atoms with Crippen LogP contribution in [0.5, 0.6) is 0 Å². The van der Waals surface area contributed by atoms with Gasteiger partial charge >= 0.3 is 0 Å². The van der Waals surface area contributed by atoms with E-state index in [9.17, 15) is 4.79 Å². The molecule has 0 unspecified atom stereocenters. The summed E-state index contributed by atoms with van der Waals surface area (Å²) in [6.07, 6.45) is 3.84. The third-order valence-corrected chi connectivity index (χ3v) is 5.20. The molecule has 1 amide bonds. The first-order chi connectivity index (χ1) is 12.1. The van der Waals surface area contributed by atoms with Gasteiger partial charge in [-0.15, -0.1) is 0 Å². The molecule has 25 heavy (non-hydrogen) atoms. The van der Waals surface area contributed by atoms with Gasteiger partial charge in [0.2, 0.25) is 11.9 Å². The van der Waals surface area contributed by atoms with Crippen molar-refractivity contribution in [2.75, 3.05) is 36.9 Å². The van der Waals surface area contributed by atoms with Gasteiger partial charge in [-0.25, -0.2) is 4.98 Å². The molecule has 2 fully saturated rings. The number of nitrogen functional groups attached to an aromatic ring is 1. The highest BCUT2D eigenvalue weighted by molar-refractivity contribution is 5.79. The molecule has 0 spiro atoms. The Morgan fingerprint density at radius 2 is 2.12 bits per heavy atom. The third-order valence-electron chi connectivity index (χ3n) is 5.20. The number of hydrogen-bond donors (Lipinski definition) is 2. The highest BCUT2D eigenvalue weighted by atomic mass is 16.5.